The maximum atomic E-state index is 11.5. The van der Waals surface area contributed by atoms with E-state index in [0.29, 0.717) is 6.54 Å². The van der Waals surface area contributed by atoms with Gasteiger partial charge in [0.05, 0.1) is 0 Å². The number of amides is 1. The number of nitrogens with one attached hydrogen (secondary N) is 1. The van der Waals surface area contributed by atoms with E-state index in [4.69, 9.17) is 14.2 Å². The lowest BCUT2D eigenvalue weighted by Gasteiger charge is -2.19. The summed E-state index contributed by atoms with van der Waals surface area (Å²) in [4.78, 5) is 11.5. The van der Waals surface area contributed by atoms with Crippen LogP contribution < -0.4 is 5.32 Å². The summed E-state index contributed by atoms with van der Waals surface area (Å²) in [5, 5.41) is 2.68. The van der Waals surface area contributed by atoms with E-state index in [0.717, 1.165) is 11.1 Å². The highest BCUT2D eigenvalue weighted by Crippen LogP contribution is 2.22. The van der Waals surface area contributed by atoms with Gasteiger partial charge in [-0.2, -0.15) is 0 Å². The fourth-order valence-electron chi connectivity index (χ4n) is 1.87. The molecule has 1 rings (SSSR count). The van der Waals surface area contributed by atoms with Crippen LogP contribution in [0.2, 0.25) is 0 Å². The van der Waals surface area contributed by atoms with Gasteiger partial charge in [-0.25, -0.2) is 4.79 Å². The summed E-state index contributed by atoms with van der Waals surface area (Å²) in [6.45, 7) is 5.87. The van der Waals surface area contributed by atoms with Crippen LogP contribution in [0.5, 0.6) is 0 Å². The van der Waals surface area contributed by atoms with Crippen LogP contribution in [0.4, 0.5) is 4.79 Å². The van der Waals surface area contributed by atoms with Crippen molar-refractivity contribution in [2.75, 3.05) is 20.8 Å². The molecule has 5 heteroatoms. The Kier molecular flexibility index (Phi) is 7.08. The zero-order valence-corrected chi connectivity index (χ0v) is 13.9. The quantitative estimate of drug-likeness (QED) is 0.817. The third-order valence-corrected chi connectivity index (χ3v) is 2.74. The number of ether oxygens (including phenoxy) is 3. The highest BCUT2D eigenvalue weighted by atomic mass is 16.7. The topological polar surface area (TPSA) is 56.8 Å². The van der Waals surface area contributed by atoms with Gasteiger partial charge in [-0.05, 0) is 26.3 Å². The number of carbonyl (C=O) groups excluding carboxylic acids is 1. The molecule has 1 amide bonds. The lowest BCUT2D eigenvalue weighted by molar-refractivity contribution is -0.106. The van der Waals surface area contributed by atoms with Crippen LogP contribution in [0.1, 0.15) is 38.2 Å². The first-order chi connectivity index (χ1) is 10.4. The number of hydrogen-bond acceptors (Lipinski definition) is 4. The molecule has 122 valence electrons. The van der Waals surface area contributed by atoms with Crippen LogP contribution >= 0.6 is 0 Å². The molecule has 0 aliphatic rings. The van der Waals surface area contributed by atoms with E-state index in [9.17, 15) is 4.79 Å². The van der Waals surface area contributed by atoms with Crippen LogP contribution in [-0.4, -0.2) is 32.5 Å². The Balaban J connectivity index is 2.62. The SMILES string of the molecule is COC(OC)c1ccccc1C=CCNC(=O)OC(C)(C)C. The van der Waals surface area contributed by atoms with Crippen molar-refractivity contribution in [3.63, 3.8) is 0 Å². The summed E-state index contributed by atoms with van der Waals surface area (Å²) in [6.07, 6.45) is 2.92. The normalized spacial score (nSPS) is 11.9. The van der Waals surface area contributed by atoms with Crippen molar-refractivity contribution in [2.45, 2.75) is 32.7 Å². The van der Waals surface area contributed by atoms with Crippen molar-refractivity contribution in [1.82, 2.24) is 5.32 Å². The first kappa shape index (κ1) is 18.2. The largest absolute Gasteiger partial charge is 0.444 e. The van der Waals surface area contributed by atoms with Gasteiger partial charge in [0, 0.05) is 26.3 Å². The van der Waals surface area contributed by atoms with Gasteiger partial charge in [-0.3, -0.25) is 0 Å². The maximum Gasteiger partial charge on any atom is 0.407 e. The molecule has 0 bridgehead atoms. The zero-order chi connectivity index (χ0) is 16.6. The van der Waals surface area contributed by atoms with E-state index in [1.54, 1.807) is 14.2 Å². The van der Waals surface area contributed by atoms with Gasteiger partial charge in [0.15, 0.2) is 6.29 Å². The second kappa shape index (κ2) is 8.56. The summed E-state index contributed by atoms with van der Waals surface area (Å²) in [5.41, 5.74) is 1.41. The minimum absolute atomic E-state index is 0.383. The number of hydrogen-bond donors (Lipinski definition) is 1. The molecule has 0 unspecified atom stereocenters. The van der Waals surface area contributed by atoms with Crippen molar-refractivity contribution in [2.24, 2.45) is 0 Å². The molecular weight excluding hydrogens is 282 g/mol. The second-order valence-corrected chi connectivity index (χ2v) is 5.72. The predicted octanol–water partition coefficient (Wildman–Crippen LogP) is 3.52. The molecular formula is C17H25NO4. The summed E-state index contributed by atoms with van der Waals surface area (Å²) in [7, 11) is 3.19. The van der Waals surface area contributed by atoms with E-state index in [1.165, 1.54) is 0 Å². The molecule has 0 fully saturated rings. The number of methoxy groups -OCH3 is 2. The molecule has 5 nitrogen and oxygen atoms in total. The van der Waals surface area contributed by atoms with Crippen LogP contribution in [0.25, 0.3) is 6.08 Å². The van der Waals surface area contributed by atoms with Gasteiger partial charge in [-0.15, -0.1) is 0 Å². The van der Waals surface area contributed by atoms with Gasteiger partial charge in [0.25, 0.3) is 0 Å². The molecule has 1 aromatic rings. The van der Waals surface area contributed by atoms with Crippen molar-refractivity contribution in [1.29, 1.82) is 0 Å². The molecule has 0 aromatic heterocycles. The zero-order valence-electron chi connectivity index (χ0n) is 13.9. The third-order valence-electron chi connectivity index (χ3n) is 2.74. The molecule has 0 aliphatic heterocycles. The van der Waals surface area contributed by atoms with Gasteiger partial charge in [-0.1, -0.05) is 36.4 Å². The second-order valence-electron chi connectivity index (χ2n) is 5.72. The molecule has 0 saturated heterocycles. The molecule has 22 heavy (non-hydrogen) atoms. The van der Waals surface area contributed by atoms with Crippen LogP contribution in [-0.2, 0) is 14.2 Å². The molecule has 0 spiro atoms. The summed E-state index contributed by atoms with van der Waals surface area (Å²) in [5.74, 6) is 0. The summed E-state index contributed by atoms with van der Waals surface area (Å²) < 4.78 is 15.7. The van der Waals surface area contributed by atoms with Crippen LogP contribution in [0.3, 0.4) is 0 Å². The minimum atomic E-state index is -0.495. The standard InChI is InChI=1S/C17H25NO4/c1-17(2,3)22-16(19)18-12-8-10-13-9-6-7-11-14(13)15(20-4)21-5/h6-11,15H,12H2,1-5H3,(H,18,19). The molecule has 0 radical (unpaired) electrons. The lowest BCUT2D eigenvalue weighted by Crippen LogP contribution is -2.32. The Morgan fingerprint density at radius 3 is 2.45 bits per heavy atom. The first-order valence-electron chi connectivity index (χ1n) is 7.15. The van der Waals surface area contributed by atoms with Gasteiger partial charge < -0.3 is 19.5 Å². The van der Waals surface area contributed by atoms with Crippen molar-refractivity contribution in [3.8, 4) is 0 Å². The molecule has 0 heterocycles. The number of carbonyl (C=O) groups is 1. The van der Waals surface area contributed by atoms with E-state index in [2.05, 4.69) is 5.32 Å². The van der Waals surface area contributed by atoms with Crippen LogP contribution in [0, 0.1) is 0 Å². The number of benzene rings is 1. The average Bonchev–Trinajstić information content (AvgIpc) is 2.44. The smallest absolute Gasteiger partial charge is 0.407 e. The average molecular weight is 307 g/mol. The number of alkyl carbamates (subject to hydrolysis) is 1. The molecule has 1 N–H and O–H groups in total. The molecule has 0 aliphatic carbocycles. The Morgan fingerprint density at radius 2 is 1.86 bits per heavy atom. The van der Waals surface area contributed by atoms with Gasteiger partial charge >= 0.3 is 6.09 Å². The fourth-order valence-corrected chi connectivity index (χ4v) is 1.87. The monoisotopic (exact) mass is 307 g/mol. The van der Waals surface area contributed by atoms with E-state index in [1.807, 2.05) is 57.2 Å². The van der Waals surface area contributed by atoms with Crippen molar-refractivity contribution >= 4 is 12.2 Å². The fraction of sp³-hybridized carbons (Fsp3) is 0.471. The Labute approximate surface area is 132 Å². The first-order valence-corrected chi connectivity index (χ1v) is 7.15. The summed E-state index contributed by atoms with van der Waals surface area (Å²) in [6, 6.07) is 7.77. The Hall–Kier alpha value is -1.85. The molecule has 0 atom stereocenters. The highest BCUT2D eigenvalue weighted by molar-refractivity contribution is 5.68. The lowest BCUT2D eigenvalue weighted by atomic mass is 10.1. The summed E-state index contributed by atoms with van der Waals surface area (Å²) >= 11 is 0. The van der Waals surface area contributed by atoms with E-state index < -0.39 is 18.0 Å². The minimum Gasteiger partial charge on any atom is -0.444 e. The van der Waals surface area contributed by atoms with Gasteiger partial charge in [0.2, 0.25) is 0 Å². The predicted molar refractivity (Wildman–Crippen MR) is 86.5 cm³/mol. The van der Waals surface area contributed by atoms with Gasteiger partial charge in [0.1, 0.15) is 5.60 Å². The molecule has 0 saturated carbocycles. The van der Waals surface area contributed by atoms with E-state index >= 15 is 0 Å². The third kappa shape index (κ3) is 6.28. The Bertz CT molecular complexity index is 502. The van der Waals surface area contributed by atoms with E-state index in [-0.39, 0.29) is 0 Å². The van der Waals surface area contributed by atoms with Crippen LogP contribution in [0.15, 0.2) is 30.3 Å². The highest BCUT2D eigenvalue weighted by Gasteiger charge is 2.15. The van der Waals surface area contributed by atoms with Crippen molar-refractivity contribution < 1.29 is 19.0 Å². The number of rotatable bonds is 6. The molecule has 1 aromatic carbocycles. The Morgan fingerprint density at radius 1 is 1.23 bits per heavy atom. The van der Waals surface area contributed by atoms with Crippen molar-refractivity contribution in [3.05, 3.63) is 41.5 Å². The maximum absolute atomic E-state index is 11.5.